The van der Waals surface area contributed by atoms with Crippen LogP contribution >= 0.6 is 0 Å². The van der Waals surface area contributed by atoms with Gasteiger partial charge in [-0.1, -0.05) is 26.5 Å². The molecule has 142 valence electrons. The van der Waals surface area contributed by atoms with Crippen LogP contribution in [0.2, 0.25) is 0 Å². The Balaban J connectivity index is 2.05. The summed E-state index contributed by atoms with van der Waals surface area (Å²) < 4.78 is 11.4. The van der Waals surface area contributed by atoms with Gasteiger partial charge in [-0.2, -0.15) is 0 Å². The van der Waals surface area contributed by atoms with E-state index >= 15 is 0 Å². The maximum Gasteiger partial charge on any atom is 0.257 e. The van der Waals surface area contributed by atoms with E-state index in [0.29, 0.717) is 43.2 Å². The first kappa shape index (κ1) is 19.8. The standard InChI is InChI=1S/C20H28N2O4/c1-5-18(23)21-16(14(2)3)10-11-22(4)20(24)15-8-6-9-17-19(15)26-13-7-12-25-17/h5-6,8-9,14,16H,1,7,10-13H2,2-4H3,(H,21,23). The minimum absolute atomic E-state index is 0.0248. The molecule has 0 radical (unpaired) electrons. The highest BCUT2D eigenvalue weighted by Gasteiger charge is 2.23. The number of hydrogen-bond acceptors (Lipinski definition) is 4. The Hall–Kier alpha value is -2.50. The van der Waals surface area contributed by atoms with Gasteiger partial charge in [-0.25, -0.2) is 0 Å². The molecule has 0 fully saturated rings. The van der Waals surface area contributed by atoms with Crippen molar-refractivity contribution in [3.05, 3.63) is 36.4 Å². The largest absolute Gasteiger partial charge is 0.490 e. The molecule has 1 atom stereocenters. The molecule has 0 saturated heterocycles. The molecule has 0 spiro atoms. The van der Waals surface area contributed by atoms with Gasteiger partial charge < -0.3 is 19.7 Å². The summed E-state index contributed by atoms with van der Waals surface area (Å²) in [6.07, 6.45) is 2.71. The molecule has 1 N–H and O–H groups in total. The van der Waals surface area contributed by atoms with Crippen molar-refractivity contribution < 1.29 is 19.1 Å². The van der Waals surface area contributed by atoms with E-state index in [2.05, 4.69) is 11.9 Å². The summed E-state index contributed by atoms with van der Waals surface area (Å²) in [4.78, 5) is 26.1. The van der Waals surface area contributed by atoms with Crippen molar-refractivity contribution in [2.75, 3.05) is 26.8 Å². The number of fused-ring (bicyclic) bond motifs is 1. The second kappa shape index (κ2) is 9.27. The zero-order chi connectivity index (χ0) is 19.1. The van der Waals surface area contributed by atoms with Crippen LogP contribution in [0.5, 0.6) is 11.5 Å². The van der Waals surface area contributed by atoms with Crippen LogP contribution in [0.15, 0.2) is 30.9 Å². The number of para-hydroxylation sites is 1. The van der Waals surface area contributed by atoms with Gasteiger partial charge in [-0.05, 0) is 30.5 Å². The zero-order valence-corrected chi connectivity index (χ0v) is 15.8. The number of ether oxygens (including phenoxy) is 2. The summed E-state index contributed by atoms with van der Waals surface area (Å²) in [5.74, 6) is 1.07. The van der Waals surface area contributed by atoms with Crippen molar-refractivity contribution in [3.63, 3.8) is 0 Å². The summed E-state index contributed by atoms with van der Waals surface area (Å²) in [7, 11) is 1.76. The Morgan fingerprint density at radius 1 is 1.31 bits per heavy atom. The van der Waals surface area contributed by atoms with Gasteiger partial charge in [-0.15, -0.1) is 0 Å². The first-order valence-corrected chi connectivity index (χ1v) is 9.01. The summed E-state index contributed by atoms with van der Waals surface area (Å²) in [6, 6.07) is 5.35. The van der Waals surface area contributed by atoms with Crippen LogP contribution < -0.4 is 14.8 Å². The molecule has 6 nitrogen and oxygen atoms in total. The van der Waals surface area contributed by atoms with E-state index in [-0.39, 0.29) is 23.8 Å². The summed E-state index contributed by atoms with van der Waals surface area (Å²) in [6.45, 7) is 9.19. The number of nitrogens with zero attached hydrogens (tertiary/aromatic N) is 1. The van der Waals surface area contributed by atoms with Crippen LogP contribution in [-0.4, -0.2) is 49.6 Å². The predicted molar refractivity (Wildman–Crippen MR) is 101 cm³/mol. The van der Waals surface area contributed by atoms with Crippen LogP contribution in [0, 0.1) is 5.92 Å². The van der Waals surface area contributed by atoms with Gasteiger partial charge in [0.15, 0.2) is 11.5 Å². The number of carbonyl (C=O) groups excluding carboxylic acids is 2. The molecule has 1 aromatic carbocycles. The second-order valence-electron chi connectivity index (χ2n) is 6.76. The first-order chi connectivity index (χ1) is 12.4. The molecule has 26 heavy (non-hydrogen) atoms. The molecule has 0 aliphatic carbocycles. The summed E-state index contributed by atoms with van der Waals surface area (Å²) >= 11 is 0. The molecular weight excluding hydrogens is 332 g/mol. The highest BCUT2D eigenvalue weighted by atomic mass is 16.5. The maximum absolute atomic E-state index is 12.9. The molecular formula is C20H28N2O4. The van der Waals surface area contributed by atoms with Crippen LogP contribution in [0.4, 0.5) is 0 Å². The molecule has 1 aliphatic heterocycles. The van der Waals surface area contributed by atoms with E-state index in [1.165, 1.54) is 6.08 Å². The maximum atomic E-state index is 12.9. The van der Waals surface area contributed by atoms with Crippen LogP contribution in [0.3, 0.4) is 0 Å². The average molecular weight is 360 g/mol. The molecule has 1 heterocycles. The Labute approximate surface area is 155 Å². The lowest BCUT2D eigenvalue weighted by atomic mass is 10.0. The van der Waals surface area contributed by atoms with E-state index in [1.54, 1.807) is 24.1 Å². The number of carbonyl (C=O) groups is 2. The highest BCUT2D eigenvalue weighted by molar-refractivity contribution is 5.97. The van der Waals surface area contributed by atoms with Gasteiger partial charge in [0.1, 0.15) is 0 Å². The van der Waals surface area contributed by atoms with Crippen LogP contribution in [-0.2, 0) is 4.79 Å². The topological polar surface area (TPSA) is 67.9 Å². The Morgan fingerprint density at radius 2 is 2.04 bits per heavy atom. The Kier molecular flexibility index (Phi) is 7.06. The zero-order valence-electron chi connectivity index (χ0n) is 15.8. The minimum atomic E-state index is -0.198. The fourth-order valence-electron chi connectivity index (χ4n) is 2.82. The van der Waals surface area contributed by atoms with Gasteiger partial charge in [0.2, 0.25) is 5.91 Å². The van der Waals surface area contributed by atoms with Gasteiger partial charge >= 0.3 is 0 Å². The third kappa shape index (κ3) is 5.00. The normalized spacial score (nSPS) is 14.3. The number of amides is 2. The van der Waals surface area contributed by atoms with E-state index in [4.69, 9.17) is 9.47 Å². The average Bonchev–Trinajstić information content (AvgIpc) is 2.88. The number of rotatable bonds is 7. The van der Waals surface area contributed by atoms with Crippen molar-refractivity contribution in [2.45, 2.75) is 32.7 Å². The number of hydrogen-bond donors (Lipinski definition) is 1. The third-order valence-corrected chi connectivity index (χ3v) is 4.44. The number of nitrogens with one attached hydrogen (secondary N) is 1. The van der Waals surface area contributed by atoms with Crippen molar-refractivity contribution >= 4 is 11.8 Å². The lowest BCUT2D eigenvalue weighted by Crippen LogP contribution is -2.40. The monoisotopic (exact) mass is 360 g/mol. The highest BCUT2D eigenvalue weighted by Crippen LogP contribution is 2.33. The van der Waals surface area contributed by atoms with Crippen LogP contribution in [0.1, 0.15) is 37.0 Å². The summed E-state index contributed by atoms with van der Waals surface area (Å²) in [5, 5.41) is 2.92. The van der Waals surface area contributed by atoms with Crippen molar-refractivity contribution in [1.82, 2.24) is 10.2 Å². The third-order valence-electron chi connectivity index (χ3n) is 4.44. The predicted octanol–water partition coefficient (Wildman–Crippen LogP) is 2.64. The quantitative estimate of drug-likeness (QED) is 0.759. The van der Waals surface area contributed by atoms with Gasteiger partial charge in [0, 0.05) is 26.1 Å². The molecule has 0 bridgehead atoms. The fraction of sp³-hybridized carbons (Fsp3) is 0.500. The molecule has 0 saturated carbocycles. The van der Waals surface area contributed by atoms with Gasteiger partial charge in [0.25, 0.3) is 5.91 Å². The Morgan fingerprint density at radius 3 is 2.73 bits per heavy atom. The van der Waals surface area contributed by atoms with Gasteiger partial charge in [-0.3, -0.25) is 9.59 Å². The molecule has 0 aromatic heterocycles. The Bertz CT molecular complexity index is 657. The summed E-state index contributed by atoms with van der Waals surface area (Å²) in [5.41, 5.74) is 0.503. The van der Waals surface area contributed by atoms with Crippen molar-refractivity contribution in [3.8, 4) is 11.5 Å². The molecule has 2 amide bonds. The molecule has 2 rings (SSSR count). The van der Waals surface area contributed by atoms with E-state index < -0.39 is 0 Å². The van der Waals surface area contributed by atoms with Crippen LogP contribution in [0.25, 0.3) is 0 Å². The fourth-order valence-corrected chi connectivity index (χ4v) is 2.82. The molecule has 1 aromatic rings. The first-order valence-electron chi connectivity index (χ1n) is 9.01. The van der Waals surface area contributed by atoms with E-state index in [1.807, 2.05) is 19.9 Å². The van der Waals surface area contributed by atoms with E-state index in [9.17, 15) is 9.59 Å². The lowest BCUT2D eigenvalue weighted by molar-refractivity contribution is -0.117. The molecule has 6 heteroatoms. The van der Waals surface area contributed by atoms with Gasteiger partial charge in [0.05, 0.1) is 18.8 Å². The number of benzene rings is 1. The SMILES string of the molecule is C=CC(=O)NC(CCN(C)C(=O)c1cccc2c1OCCCO2)C(C)C. The van der Waals surface area contributed by atoms with E-state index in [0.717, 1.165) is 6.42 Å². The van der Waals surface area contributed by atoms with Crippen molar-refractivity contribution in [1.29, 1.82) is 0 Å². The van der Waals surface area contributed by atoms with Crippen molar-refractivity contribution in [2.24, 2.45) is 5.92 Å². The smallest absolute Gasteiger partial charge is 0.257 e. The molecule has 1 aliphatic rings. The second-order valence-corrected chi connectivity index (χ2v) is 6.76. The molecule has 1 unspecified atom stereocenters. The lowest BCUT2D eigenvalue weighted by Gasteiger charge is -2.25. The minimum Gasteiger partial charge on any atom is -0.490 e.